The van der Waals surface area contributed by atoms with Crippen LogP contribution in [0.25, 0.3) is 0 Å². The number of halogens is 1. The Kier molecular flexibility index (Phi) is 3.62. The van der Waals surface area contributed by atoms with Crippen molar-refractivity contribution < 1.29 is 4.79 Å². The highest BCUT2D eigenvalue weighted by Gasteiger charge is 2.44. The van der Waals surface area contributed by atoms with Crippen molar-refractivity contribution in [3.8, 4) is 0 Å². The van der Waals surface area contributed by atoms with Gasteiger partial charge in [0, 0.05) is 29.2 Å². The molecular formula is C19H17ClN4O. The zero-order chi connectivity index (χ0) is 17.6. The number of rotatable bonds is 3. The average molecular weight is 353 g/mol. The molecule has 0 aliphatic carbocycles. The molecule has 3 heterocycles. The van der Waals surface area contributed by atoms with Crippen LogP contribution in [0.4, 0.5) is 5.69 Å². The van der Waals surface area contributed by atoms with Crippen molar-refractivity contribution in [2.45, 2.75) is 25.9 Å². The molecule has 1 aliphatic rings. The van der Waals surface area contributed by atoms with E-state index in [-0.39, 0.29) is 5.91 Å². The molecule has 1 amide bonds. The van der Waals surface area contributed by atoms with E-state index in [1.54, 1.807) is 35.6 Å². The van der Waals surface area contributed by atoms with Gasteiger partial charge in [-0.1, -0.05) is 11.6 Å². The minimum Gasteiger partial charge on any atom is -0.297 e. The highest BCUT2D eigenvalue weighted by atomic mass is 35.5. The van der Waals surface area contributed by atoms with Crippen molar-refractivity contribution in [3.63, 3.8) is 0 Å². The second-order valence-corrected chi connectivity index (χ2v) is 7.08. The maximum Gasteiger partial charge on any atom is 0.259 e. The molecule has 0 unspecified atom stereocenters. The van der Waals surface area contributed by atoms with Crippen LogP contribution in [0.3, 0.4) is 0 Å². The molecule has 0 fully saturated rings. The maximum atomic E-state index is 13.0. The second-order valence-electron chi connectivity index (χ2n) is 6.64. The topological polar surface area (TPSA) is 51.0 Å². The predicted octanol–water partition coefficient (Wildman–Crippen LogP) is 3.88. The third kappa shape index (κ3) is 2.61. The summed E-state index contributed by atoms with van der Waals surface area (Å²) in [5, 5.41) is 4.85. The number of carbonyl (C=O) groups excluding carboxylic acids is 1. The molecule has 1 aromatic carbocycles. The highest BCUT2D eigenvalue weighted by molar-refractivity contribution is 6.31. The zero-order valence-electron chi connectivity index (χ0n) is 14.0. The minimum atomic E-state index is -0.497. The van der Waals surface area contributed by atoms with E-state index in [4.69, 9.17) is 11.6 Å². The molecular weight excluding hydrogens is 336 g/mol. The van der Waals surface area contributed by atoms with Gasteiger partial charge < -0.3 is 0 Å². The lowest BCUT2D eigenvalue weighted by atomic mass is 9.93. The van der Waals surface area contributed by atoms with Crippen molar-refractivity contribution in [2.75, 3.05) is 4.90 Å². The molecule has 0 bridgehead atoms. The van der Waals surface area contributed by atoms with E-state index in [0.717, 1.165) is 16.8 Å². The van der Waals surface area contributed by atoms with E-state index < -0.39 is 5.54 Å². The Labute approximate surface area is 150 Å². The van der Waals surface area contributed by atoms with Gasteiger partial charge in [0.15, 0.2) is 0 Å². The van der Waals surface area contributed by atoms with Crippen LogP contribution in [0.15, 0.2) is 55.1 Å². The lowest BCUT2D eigenvalue weighted by Gasteiger charge is -2.32. The number of hydrogen-bond donors (Lipinski definition) is 0. The molecule has 0 spiro atoms. The van der Waals surface area contributed by atoms with E-state index in [9.17, 15) is 4.79 Å². The Morgan fingerprint density at radius 3 is 2.80 bits per heavy atom. The summed E-state index contributed by atoms with van der Waals surface area (Å²) in [4.78, 5) is 19.1. The molecule has 3 aromatic rings. The van der Waals surface area contributed by atoms with Gasteiger partial charge in [-0.2, -0.15) is 5.10 Å². The normalized spacial score (nSPS) is 15.5. The van der Waals surface area contributed by atoms with Crippen molar-refractivity contribution in [3.05, 3.63) is 76.8 Å². The Bertz CT molecular complexity index is 950. The van der Waals surface area contributed by atoms with Gasteiger partial charge in [0.05, 0.1) is 24.0 Å². The summed E-state index contributed by atoms with van der Waals surface area (Å²) in [6, 6.07) is 9.29. The van der Waals surface area contributed by atoms with Gasteiger partial charge in [-0.25, -0.2) is 0 Å². The van der Waals surface area contributed by atoms with E-state index >= 15 is 0 Å². The van der Waals surface area contributed by atoms with Crippen LogP contribution in [0.1, 0.15) is 35.3 Å². The van der Waals surface area contributed by atoms with E-state index in [2.05, 4.69) is 10.1 Å². The molecule has 1 aliphatic heterocycles. The van der Waals surface area contributed by atoms with Gasteiger partial charge in [0.25, 0.3) is 5.91 Å². The summed E-state index contributed by atoms with van der Waals surface area (Å²) >= 11 is 6.14. The zero-order valence-corrected chi connectivity index (χ0v) is 14.7. The number of fused-ring (bicyclic) bond motifs is 1. The van der Waals surface area contributed by atoms with Crippen molar-refractivity contribution in [1.29, 1.82) is 0 Å². The Hall–Kier alpha value is -2.66. The van der Waals surface area contributed by atoms with E-state index in [1.165, 1.54) is 0 Å². The summed E-state index contributed by atoms with van der Waals surface area (Å²) in [6.07, 6.45) is 7.16. The molecule has 0 saturated heterocycles. The molecule has 0 atom stereocenters. The van der Waals surface area contributed by atoms with Gasteiger partial charge in [0.2, 0.25) is 0 Å². The van der Waals surface area contributed by atoms with Crippen LogP contribution in [-0.4, -0.2) is 20.7 Å². The lowest BCUT2D eigenvalue weighted by molar-refractivity contribution is 0.0982. The summed E-state index contributed by atoms with van der Waals surface area (Å²) in [5.74, 6) is -0.0327. The van der Waals surface area contributed by atoms with E-state index in [0.29, 0.717) is 17.1 Å². The fourth-order valence-corrected chi connectivity index (χ4v) is 3.58. The first-order valence-electron chi connectivity index (χ1n) is 8.03. The fourth-order valence-electron chi connectivity index (χ4n) is 3.41. The van der Waals surface area contributed by atoms with Crippen LogP contribution in [0.5, 0.6) is 0 Å². The first kappa shape index (κ1) is 15.8. The van der Waals surface area contributed by atoms with Crippen LogP contribution in [-0.2, 0) is 12.1 Å². The standard InChI is InChI=1S/C19H17ClN4O/c1-19(2)17-9-14(20)4-5-16(17)18(25)24(19)15-8-13(10-21-11-15)12-23-7-3-6-22-23/h3-11H,12H2,1-2H3. The Morgan fingerprint density at radius 2 is 2.04 bits per heavy atom. The minimum absolute atomic E-state index is 0.0327. The Morgan fingerprint density at radius 1 is 1.20 bits per heavy atom. The summed E-state index contributed by atoms with van der Waals surface area (Å²) < 4.78 is 1.83. The van der Waals surface area contributed by atoms with Crippen molar-refractivity contribution in [2.24, 2.45) is 0 Å². The van der Waals surface area contributed by atoms with Crippen molar-refractivity contribution in [1.82, 2.24) is 14.8 Å². The van der Waals surface area contributed by atoms with Crippen LogP contribution in [0.2, 0.25) is 5.02 Å². The third-order valence-electron chi connectivity index (χ3n) is 4.58. The molecule has 126 valence electrons. The average Bonchev–Trinajstić information content (AvgIpc) is 3.13. The number of carbonyl (C=O) groups is 1. The molecule has 0 radical (unpaired) electrons. The molecule has 6 heteroatoms. The number of hydrogen-bond acceptors (Lipinski definition) is 3. The summed E-state index contributed by atoms with van der Waals surface area (Å²) in [6.45, 7) is 4.65. The lowest BCUT2D eigenvalue weighted by Crippen LogP contribution is -2.39. The van der Waals surface area contributed by atoms with Crippen LogP contribution < -0.4 is 4.90 Å². The maximum absolute atomic E-state index is 13.0. The van der Waals surface area contributed by atoms with Gasteiger partial charge >= 0.3 is 0 Å². The van der Waals surface area contributed by atoms with Crippen LogP contribution >= 0.6 is 11.6 Å². The number of aromatic nitrogens is 3. The monoisotopic (exact) mass is 352 g/mol. The highest BCUT2D eigenvalue weighted by Crippen LogP contribution is 2.42. The summed E-state index contributed by atoms with van der Waals surface area (Å²) in [7, 11) is 0. The fraction of sp³-hybridized carbons (Fsp3) is 0.211. The smallest absolute Gasteiger partial charge is 0.259 e. The van der Waals surface area contributed by atoms with Gasteiger partial charge in [-0.15, -0.1) is 0 Å². The molecule has 4 rings (SSSR count). The van der Waals surface area contributed by atoms with Gasteiger partial charge in [-0.05, 0) is 55.3 Å². The number of anilines is 1. The number of amides is 1. The Balaban J connectivity index is 1.74. The van der Waals surface area contributed by atoms with E-state index in [1.807, 2.05) is 42.9 Å². The first-order valence-corrected chi connectivity index (χ1v) is 8.40. The second kappa shape index (κ2) is 5.70. The number of benzene rings is 1. The largest absolute Gasteiger partial charge is 0.297 e. The first-order chi connectivity index (χ1) is 12.0. The molecule has 0 N–H and O–H groups in total. The predicted molar refractivity (Wildman–Crippen MR) is 96.9 cm³/mol. The van der Waals surface area contributed by atoms with Gasteiger partial charge in [0.1, 0.15) is 0 Å². The molecule has 25 heavy (non-hydrogen) atoms. The number of pyridine rings is 1. The van der Waals surface area contributed by atoms with Gasteiger partial charge in [-0.3, -0.25) is 19.4 Å². The molecule has 0 saturated carbocycles. The van der Waals surface area contributed by atoms with Crippen molar-refractivity contribution >= 4 is 23.2 Å². The van der Waals surface area contributed by atoms with Crippen LogP contribution in [0, 0.1) is 0 Å². The molecule has 5 nitrogen and oxygen atoms in total. The number of nitrogens with zero attached hydrogens (tertiary/aromatic N) is 4. The summed E-state index contributed by atoms with van der Waals surface area (Å²) in [5.41, 5.74) is 2.88. The quantitative estimate of drug-likeness (QED) is 0.718. The molecule has 2 aromatic heterocycles. The SMILES string of the molecule is CC1(C)c2cc(Cl)ccc2C(=O)N1c1cncc(Cn2cccn2)c1. The third-order valence-corrected chi connectivity index (χ3v) is 4.81.